The monoisotopic (exact) mass is 717 g/mol. The average Bonchev–Trinajstić information content (AvgIpc) is 3.46. The second-order valence-corrected chi connectivity index (χ2v) is 14.3. The summed E-state index contributed by atoms with van der Waals surface area (Å²) in [6.45, 7) is 6.69. The topological polar surface area (TPSA) is 124 Å². The number of aliphatic hydroxyl groups is 1. The zero-order valence-corrected chi connectivity index (χ0v) is 29.5. The normalized spacial score (nSPS) is 19.3. The third-order valence-electron chi connectivity index (χ3n) is 8.33. The fourth-order valence-corrected chi connectivity index (χ4v) is 7.57. The molecule has 2 heterocycles. The van der Waals surface area contributed by atoms with Gasteiger partial charge in [-0.3, -0.25) is 14.8 Å². The molecule has 3 aromatic rings. The lowest BCUT2D eigenvalue weighted by molar-refractivity contribution is 0.108. The first-order chi connectivity index (χ1) is 23.1. The van der Waals surface area contributed by atoms with Gasteiger partial charge >= 0.3 is 6.03 Å². The predicted molar refractivity (Wildman–Crippen MR) is 187 cm³/mol. The number of ether oxygens (including phenoxy) is 2. The average molecular weight is 719 g/mol. The van der Waals surface area contributed by atoms with Crippen molar-refractivity contribution in [3.8, 4) is 5.75 Å². The summed E-state index contributed by atoms with van der Waals surface area (Å²) in [5.41, 5.74) is 1.97. The maximum atomic E-state index is 14.8. The van der Waals surface area contributed by atoms with Crippen LogP contribution in [0.4, 0.5) is 4.79 Å². The van der Waals surface area contributed by atoms with E-state index in [1.165, 1.54) is 19.2 Å². The van der Waals surface area contributed by atoms with E-state index >= 15 is 0 Å². The van der Waals surface area contributed by atoms with Crippen molar-refractivity contribution < 1.29 is 27.8 Å². The van der Waals surface area contributed by atoms with Crippen molar-refractivity contribution in [1.82, 2.24) is 19.4 Å². The summed E-state index contributed by atoms with van der Waals surface area (Å²) in [7, 11) is -2.48. The molecule has 2 aliphatic heterocycles. The highest BCUT2D eigenvalue weighted by Gasteiger charge is 2.45. The highest BCUT2D eigenvalue weighted by atomic mass is 35.5. The number of aliphatic imine (C=N–C) groups is 1. The van der Waals surface area contributed by atoms with E-state index in [0.29, 0.717) is 60.7 Å². The summed E-state index contributed by atoms with van der Waals surface area (Å²) in [5.74, 6) is 0.667. The number of hydrogen-bond donors (Lipinski definition) is 2. The van der Waals surface area contributed by atoms with Gasteiger partial charge in [-0.1, -0.05) is 47.5 Å². The lowest BCUT2D eigenvalue weighted by Crippen LogP contribution is -2.54. The molecule has 3 unspecified atom stereocenters. The summed E-state index contributed by atoms with van der Waals surface area (Å²) in [5, 5.41) is 10.6. The van der Waals surface area contributed by atoms with Crippen LogP contribution in [-0.2, 0) is 14.8 Å². The Balaban J connectivity index is 1.68. The van der Waals surface area contributed by atoms with Gasteiger partial charge in [0.05, 0.1) is 36.3 Å². The molecule has 3 atom stereocenters. The minimum absolute atomic E-state index is 0.00499. The minimum Gasteiger partial charge on any atom is -0.493 e. The number of carbonyl (C=O) groups is 1. The SMILES string of the molecule is CCOc1ccc(S(=O)(=O)NC(C)COC)cc1C1=NC(c2ccc(Cl)cc2)C(c2ccc(Cl)cc2)N1C(=O)N1CCN(CCO)CC1. The summed E-state index contributed by atoms with van der Waals surface area (Å²) in [4.78, 5) is 25.5. The van der Waals surface area contributed by atoms with E-state index in [1.807, 2.05) is 31.2 Å². The number of amidine groups is 1. The molecule has 0 aromatic heterocycles. The number of carbonyl (C=O) groups excluding carboxylic acids is 1. The number of β-amino-alcohol motifs (C(OH)–C–C–N with tert-alkyl or cyclic N) is 1. The van der Waals surface area contributed by atoms with Crippen molar-refractivity contribution in [3.05, 3.63) is 93.5 Å². The molecule has 1 saturated heterocycles. The molecule has 5 rings (SSSR count). The van der Waals surface area contributed by atoms with Gasteiger partial charge in [0.15, 0.2) is 0 Å². The third kappa shape index (κ3) is 8.14. The first kappa shape index (κ1) is 36.1. The molecular formula is C34H41Cl2N5O6S. The number of halogens is 2. The number of nitrogens with zero attached hydrogens (tertiary/aromatic N) is 4. The van der Waals surface area contributed by atoms with Crippen LogP contribution in [-0.4, -0.2) is 106 Å². The molecule has 2 N–H and O–H groups in total. The van der Waals surface area contributed by atoms with Crippen molar-refractivity contribution in [1.29, 1.82) is 0 Å². The summed E-state index contributed by atoms with van der Waals surface area (Å²) < 4.78 is 40.9. The molecule has 0 radical (unpaired) electrons. The minimum atomic E-state index is -3.99. The van der Waals surface area contributed by atoms with Gasteiger partial charge in [0.2, 0.25) is 10.0 Å². The van der Waals surface area contributed by atoms with Crippen molar-refractivity contribution in [2.45, 2.75) is 36.9 Å². The predicted octanol–water partition coefficient (Wildman–Crippen LogP) is 4.98. The zero-order chi connectivity index (χ0) is 34.4. The van der Waals surface area contributed by atoms with Crippen LogP contribution in [0.1, 0.15) is 42.6 Å². The summed E-state index contributed by atoms with van der Waals surface area (Å²) >= 11 is 12.6. The molecule has 1 fully saturated rings. The van der Waals surface area contributed by atoms with Crippen LogP contribution in [0.5, 0.6) is 5.75 Å². The van der Waals surface area contributed by atoms with Crippen molar-refractivity contribution in [2.75, 3.05) is 59.7 Å². The van der Waals surface area contributed by atoms with Gasteiger partial charge < -0.3 is 19.5 Å². The first-order valence-electron chi connectivity index (χ1n) is 15.8. The van der Waals surface area contributed by atoms with Crippen LogP contribution < -0.4 is 9.46 Å². The fraction of sp³-hybridized carbons (Fsp3) is 0.412. The van der Waals surface area contributed by atoms with Gasteiger partial charge in [-0.2, -0.15) is 0 Å². The Morgan fingerprint density at radius 1 is 1.00 bits per heavy atom. The third-order valence-corrected chi connectivity index (χ3v) is 10.4. The molecule has 3 aromatic carbocycles. The maximum Gasteiger partial charge on any atom is 0.326 e. The number of methoxy groups -OCH3 is 1. The van der Waals surface area contributed by atoms with Crippen LogP contribution >= 0.6 is 23.2 Å². The second-order valence-electron chi connectivity index (χ2n) is 11.7. The van der Waals surface area contributed by atoms with Gasteiger partial charge in [0.1, 0.15) is 17.6 Å². The lowest BCUT2D eigenvalue weighted by Gasteiger charge is -2.39. The van der Waals surface area contributed by atoms with Gasteiger partial charge in [-0.25, -0.2) is 17.9 Å². The molecular weight excluding hydrogens is 677 g/mol. The Hall–Kier alpha value is -3.23. The van der Waals surface area contributed by atoms with E-state index in [-0.39, 0.29) is 30.0 Å². The quantitative estimate of drug-likeness (QED) is 0.271. The van der Waals surface area contributed by atoms with E-state index in [9.17, 15) is 18.3 Å². The van der Waals surface area contributed by atoms with E-state index in [4.69, 9.17) is 37.7 Å². The van der Waals surface area contributed by atoms with Gasteiger partial charge in [-0.15, -0.1) is 0 Å². The fourth-order valence-electron chi connectivity index (χ4n) is 6.06. The molecule has 0 saturated carbocycles. The molecule has 258 valence electrons. The number of amides is 2. The number of benzene rings is 3. The van der Waals surface area contributed by atoms with Crippen LogP contribution in [0.15, 0.2) is 76.6 Å². The number of hydrogen-bond acceptors (Lipinski definition) is 8. The number of nitrogens with one attached hydrogen (secondary N) is 1. The molecule has 2 aliphatic rings. The van der Waals surface area contributed by atoms with Crippen molar-refractivity contribution in [2.24, 2.45) is 4.99 Å². The number of sulfonamides is 1. The Labute approximate surface area is 292 Å². The van der Waals surface area contributed by atoms with E-state index in [1.54, 1.807) is 47.1 Å². The molecule has 0 bridgehead atoms. The smallest absolute Gasteiger partial charge is 0.326 e. The Morgan fingerprint density at radius 3 is 2.21 bits per heavy atom. The van der Waals surface area contributed by atoms with Crippen LogP contribution in [0.3, 0.4) is 0 Å². The van der Waals surface area contributed by atoms with Crippen molar-refractivity contribution in [3.63, 3.8) is 0 Å². The van der Waals surface area contributed by atoms with Gasteiger partial charge in [0, 0.05) is 55.9 Å². The molecule has 14 heteroatoms. The Morgan fingerprint density at radius 2 is 1.62 bits per heavy atom. The number of aliphatic hydroxyl groups excluding tert-OH is 1. The largest absolute Gasteiger partial charge is 0.493 e. The number of urea groups is 1. The molecule has 0 spiro atoms. The highest BCUT2D eigenvalue weighted by molar-refractivity contribution is 7.89. The molecule has 2 amide bonds. The maximum absolute atomic E-state index is 14.8. The van der Waals surface area contributed by atoms with Gasteiger partial charge in [0.25, 0.3) is 0 Å². The van der Waals surface area contributed by atoms with Crippen LogP contribution in [0.2, 0.25) is 10.0 Å². The summed E-state index contributed by atoms with van der Waals surface area (Å²) in [6.07, 6.45) is 0. The lowest BCUT2D eigenvalue weighted by atomic mass is 9.93. The number of piperazine rings is 1. The molecule has 48 heavy (non-hydrogen) atoms. The highest BCUT2D eigenvalue weighted by Crippen LogP contribution is 2.45. The van der Waals surface area contributed by atoms with Crippen LogP contribution in [0.25, 0.3) is 0 Å². The van der Waals surface area contributed by atoms with E-state index < -0.39 is 28.1 Å². The van der Waals surface area contributed by atoms with Crippen molar-refractivity contribution >= 4 is 45.1 Å². The second kappa shape index (κ2) is 16.0. The molecule has 11 nitrogen and oxygen atoms in total. The Kier molecular flexibility index (Phi) is 12.0. The van der Waals surface area contributed by atoms with Crippen LogP contribution in [0, 0.1) is 0 Å². The van der Waals surface area contributed by atoms with E-state index in [2.05, 4.69) is 9.62 Å². The summed E-state index contributed by atoms with van der Waals surface area (Å²) in [6, 6.07) is 17.2. The number of rotatable bonds is 12. The zero-order valence-electron chi connectivity index (χ0n) is 27.2. The standard InChI is InChI=1S/C34H41Cl2N5O6S/c1-4-47-30-14-13-28(48(44,45)38-23(2)22-46-3)21-29(30)33-37-31(24-5-9-26(35)10-6-24)32(25-7-11-27(36)12-8-25)41(33)34(43)40-17-15-39(16-18-40)19-20-42/h5-14,21,23,31-32,38,42H,4,15-20,22H2,1-3H3. The first-order valence-corrected chi connectivity index (χ1v) is 18.1. The Bertz CT molecular complexity index is 1700. The van der Waals surface area contributed by atoms with E-state index in [0.717, 1.165) is 11.1 Å². The molecule has 0 aliphatic carbocycles. The van der Waals surface area contributed by atoms with Gasteiger partial charge in [-0.05, 0) is 67.4 Å².